The standard InChI is InChI=1S/C12H12FN3OS/c1-3-12(18(17,4-2)16-9-14)10-5-6-11(7-13)15-8-10/h3-6,8,12H,1-2,7H2. The first-order valence-corrected chi connectivity index (χ1v) is 6.65. The fourth-order valence-electron chi connectivity index (χ4n) is 1.41. The van der Waals surface area contributed by atoms with Crippen LogP contribution in [-0.2, 0) is 16.4 Å². The number of halogens is 1. The molecule has 0 amide bonds. The van der Waals surface area contributed by atoms with E-state index in [1.54, 1.807) is 6.07 Å². The summed E-state index contributed by atoms with van der Waals surface area (Å²) in [7, 11) is -2.96. The normalized spacial score (nSPS) is 14.9. The summed E-state index contributed by atoms with van der Waals surface area (Å²) in [6, 6.07) is 3.07. The van der Waals surface area contributed by atoms with Crippen molar-refractivity contribution >= 4 is 9.73 Å². The highest BCUT2D eigenvalue weighted by Gasteiger charge is 2.20. The van der Waals surface area contributed by atoms with Crippen LogP contribution in [0.25, 0.3) is 0 Å². The monoisotopic (exact) mass is 265 g/mol. The average molecular weight is 265 g/mol. The fourth-order valence-corrected chi connectivity index (χ4v) is 2.74. The quantitative estimate of drug-likeness (QED) is 0.607. The molecule has 0 saturated heterocycles. The van der Waals surface area contributed by atoms with E-state index in [1.165, 1.54) is 24.5 Å². The predicted octanol–water partition coefficient (Wildman–Crippen LogP) is 2.87. The van der Waals surface area contributed by atoms with Gasteiger partial charge in [-0.25, -0.2) is 8.60 Å². The van der Waals surface area contributed by atoms with Crippen LogP contribution >= 0.6 is 0 Å². The molecule has 2 unspecified atom stereocenters. The lowest BCUT2D eigenvalue weighted by Crippen LogP contribution is -2.08. The Kier molecular flexibility index (Phi) is 4.75. The first kappa shape index (κ1) is 14.1. The molecule has 0 aliphatic heterocycles. The van der Waals surface area contributed by atoms with Gasteiger partial charge in [0.25, 0.3) is 0 Å². The molecule has 0 radical (unpaired) electrons. The molecule has 0 bridgehead atoms. The van der Waals surface area contributed by atoms with Gasteiger partial charge in [0.1, 0.15) is 6.67 Å². The van der Waals surface area contributed by atoms with Crippen molar-refractivity contribution in [3.8, 4) is 6.19 Å². The van der Waals surface area contributed by atoms with Crippen LogP contribution < -0.4 is 0 Å². The molecule has 0 aliphatic carbocycles. The van der Waals surface area contributed by atoms with Crippen LogP contribution in [0, 0.1) is 11.5 Å². The smallest absolute Gasteiger partial charge is 0.214 e. The van der Waals surface area contributed by atoms with E-state index in [0.717, 1.165) is 5.41 Å². The van der Waals surface area contributed by atoms with E-state index in [1.807, 2.05) is 0 Å². The second-order valence-corrected chi connectivity index (χ2v) is 5.60. The van der Waals surface area contributed by atoms with Crippen LogP contribution in [0.15, 0.2) is 47.3 Å². The number of alkyl halides is 1. The minimum Gasteiger partial charge on any atom is -0.258 e. The zero-order valence-electron chi connectivity index (χ0n) is 9.62. The maximum Gasteiger partial charge on any atom is 0.214 e. The Morgan fingerprint density at radius 3 is 2.72 bits per heavy atom. The Balaban J connectivity index is 3.30. The zero-order valence-corrected chi connectivity index (χ0v) is 10.4. The Labute approximate surface area is 106 Å². The van der Waals surface area contributed by atoms with Crippen LogP contribution in [0.3, 0.4) is 0 Å². The molecule has 1 rings (SSSR count). The molecular weight excluding hydrogens is 253 g/mol. The predicted molar refractivity (Wildman–Crippen MR) is 68.4 cm³/mol. The van der Waals surface area contributed by atoms with Crippen LogP contribution in [0.5, 0.6) is 0 Å². The Morgan fingerprint density at radius 1 is 1.61 bits per heavy atom. The van der Waals surface area contributed by atoms with Gasteiger partial charge >= 0.3 is 0 Å². The van der Waals surface area contributed by atoms with Crippen molar-refractivity contribution in [2.24, 2.45) is 4.36 Å². The largest absolute Gasteiger partial charge is 0.258 e. The van der Waals surface area contributed by atoms with Crippen molar-refractivity contribution in [3.05, 3.63) is 54.2 Å². The summed E-state index contributed by atoms with van der Waals surface area (Å²) < 4.78 is 28.1. The Morgan fingerprint density at radius 2 is 2.33 bits per heavy atom. The van der Waals surface area contributed by atoms with Gasteiger partial charge in [-0.05, 0) is 11.6 Å². The van der Waals surface area contributed by atoms with Gasteiger partial charge in [0.2, 0.25) is 6.19 Å². The molecule has 0 saturated carbocycles. The first-order valence-electron chi connectivity index (χ1n) is 5.01. The molecule has 6 heteroatoms. The number of rotatable bonds is 5. The van der Waals surface area contributed by atoms with Crippen LogP contribution in [0.4, 0.5) is 4.39 Å². The van der Waals surface area contributed by atoms with Gasteiger partial charge in [-0.1, -0.05) is 18.7 Å². The van der Waals surface area contributed by atoms with E-state index >= 15 is 0 Å². The van der Waals surface area contributed by atoms with Crippen molar-refractivity contribution in [2.45, 2.75) is 11.9 Å². The Hall–Kier alpha value is -2.00. The van der Waals surface area contributed by atoms with Crippen molar-refractivity contribution in [1.82, 2.24) is 4.98 Å². The topological polar surface area (TPSA) is 66.1 Å². The minimum atomic E-state index is -2.96. The third-order valence-electron chi connectivity index (χ3n) is 2.31. The second-order valence-electron chi connectivity index (χ2n) is 3.34. The van der Waals surface area contributed by atoms with Gasteiger partial charge < -0.3 is 0 Å². The van der Waals surface area contributed by atoms with Gasteiger partial charge in [-0.15, -0.1) is 10.9 Å². The molecular formula is C12H12FN3OS. The van der Waals surface area contributed by atoms with Crippen LogP contribution in [0.1, 0.15) is 16.5 Å². The zero-order chi connectivity index (χ0) is 13.6. The van der Waals surface area contributed by atoms with Gasteiger partial charge in [-0.2, -0.15) is 5.26 Å². The van der Waals surface area contributed by atoms with Gasteiger partial charge in [0.05, 0.1) is 20.7 Å². The lowest BCUT2D eigenvalue weighted by molar-refractivity contribution is 0.476. The molecule has 4 nitrogen and oxygen atoms in total. The number of pyridine rings is 1. The first-order chi connectivity index (χ1) is 8.61. The van der Waals surface area contributed by atoms with Crippen LogP contribution in [-0.4, -0.2) is 9.19 Å². The summed E-state index contributed by atoms with van der Waals surface area (Å²) in [5.74, 6) is 0. The Bertz CT molecular complexity index is 595. The van der Waals surface area contributed by atoms with E-state index in [2.05, 4.69) is 22.5 Å². The van der Waals surface area contributed by atoms with E-state index in [-0.39, 0.29) is 5.69 Å². The molecule has 0 fully saturated rings. The SMILES string of the molecule is C=CC(c1ccc(CF)nc1)S(=O)(C=C)=NC#N. The van der Waals surface area contributed by atoms with Gasteiger partial charge in [-0.3, -0.25) is 4.98 Å². The number of aromatic nitrogens is 1. The number of nitrogens with zero attached hydrogens (tertiary/aromatic N) is 3. The molecule has 1 aromatic heterocycles. The molecule has 1 heterocycles. The molecule has 0 spiro atoms. The van der Waals surface area contributed by atoms with Crippen molar-refractivity contribution in [1.29, 1.82) is 5.26 Å². The highest BCUT2D eigenvalue weighted by atomic mass is 32.2. The number of nitriles is 1. The van der Waals surface area contributed by atoms with Gasteiger partial charge in [0.15, 0.2) is 0 Å². The van der Waals surface area contributed by atoms with E-state index in [4.69, 9.17) is 5.26 Å². The van der Waals surface area contributed by atoms with Gasteiger partial charge in [0, 0.05) is 11.6 Å². The molecule has 0 N–H and O–H groups in total. The van der Waals surface area contributed by atoms with Crippen molar-refractivity contribution in [2.75, 3.05) is 0 Å². The summed E-state index contributed by atoms with van der Waals surface area (Å²) in [6.45, 7) is 6.34. The maximum atomic E-state index is 12.4. The van der Waals surface area contributed by atoms with E-state index < -0.39 is 21.7 Å². The molecule has 1 aromatic rings. The third-order valence-corrected chi connectivity index (χ3v) is 4.35. The maximum absolute atomic E-state index is 12.4. The fraction of sp³-hybridized carbons (Fsp3) is 0.167. The molecule has 0 aromatic carbocycles. The number of hydrogen-bond acceptors (Lipinski definition) is 4. The molecule has 18 heavy (non-hydrogen) atoms. The summed E-state index contributed by atoms with van der Waals surface area (Å²) in [5.41, 5.74) is 0.829. The average Bonchev–Trinajstić information content (AvgIpc) is 2.40. The summed E-state index contributed by atoms with van der Waals surface area (Å²) in [6.07, 6.45) is 4.33. The minimum absolute atomic E-state index is 0.281. The third kappa shape index (κ3) is 2.81. The summed E-state index contributed by atoms with van der Waals surface area (Å²) >= 11 is 0. The number of hydrogen-bond donors (Lipinski definition) is 0. The van der Waals surface area contributed by atoms with E-state index in [0.29, 0.717) is 5.56 Å². The molecule has 94 valence electrons. The van der Waals surface area contributed by atoms with Crippen LogP contribution in [0.2, 0.25) is 0 Å². The highest BCUT2D eigenvalue weighted by Crippen LogP contribution is 2.26. The molecule has 2 atom stereocenters. The lowest BCUT2D eigenvalue weighted by Gasteiger charge is -2.14. The highest BCUT2D eigenvalue weighted by molar-refractivity contribution is 7.96. The van der Waals surface area contributed by atoms with Crippen molar-refractivity contribution in [3.63, 3.8) is 0 Å². The molecule has 0 aliphatic rings. The summed E-state index contributed by atoms with van der Waals surface area (Å²) in [5, 5.41) is 9.00. The lowest BCUT2D eigenvalue weighted by atomic mass is 10.2. The summed E-state index contributed by atoms with van der Waals surface area (Å²) in [4.78, 5) is 3.87. The van der Waals surface area contributed by atoms with E-state index in [9.17, 15) is 8.60 Å². The second kappa shape index (κ2) is 6.07. The van der Waals surface area contributed by atoms with Crippen molar-refractivity contribution < 1.29 is 8.60 Å².